The Hall–Kier alpha value is -2.88. The first-order valence-corrected chi connectivity index (χ1v) is 8.35. The van der Waals surface area contributed by atoms with E-state index in [0.717, 1.165) is 12.0 Å². The smallest absolute Gasteiger partial charge is 0.244 e. The van der Waals surface area contributed by atoms with Gasteiger partial charge in [-0.1, -0.05) is 43.7 Å². The highest BCUT2D eigenvalue weighted by Gasteiger charge is 2.76. The van der Waals surface area contributed by atoms with Gasteiger partial charge in [-0.3, -0.25) is 4.79 Å². The van der Waals surface area contributed by atoms with E-state index in [-0.39, 0.29) is 12.3 Å². The molecular weight excluding hydrogens is 314 g/mol. The summed E-state index contributed by atoms with van der Waals surface area (Å²) in [6.45, 7) is 1.99. The van der Waals surface area contributed by atoms with Gasteiger partial charge in [0.05, 0.1) is 23.9 Å². The van der Waals surface area contributed by atoms with Crippen molar-refractivity contribution in [3.05, 3.63) is 35.9 Å². The fourth-order valence-electron chi connectivity index (χ4n) is 4.70. The van der Waals surface area contributed by atoms with E-state index in [0.29, 0.717) is 6.42 Å². The third kappa shape index (κ3) is 1.94. The van der Waals surface area contributed by atoms with E-state index in [4.69, 9.17) is 5.73 Å². The van der Waals surface area contributed by atoms with Crippen LogP contribution in [-0.4, -0.2) is 11.6 Å². The lowest BCUT2D eigenvalue weighted by Crippen LogP contribution is -2.62. The fourth-order valence-corrected chi connectivity index (χ4v) is 4.70. The molecule has 0 aromatic heterocycles. The molecule has 1 saturated heterocycles. The quantitative estimate of drug-likeness (QED) is 0.873. The molecule has 3 N–H and O–H groups in total. The van der Waals surface area contributed by atoms with Crippen molar-refractivity contribution in [1.82, 2.24) is 5.32 Å². The van der Waals surface area contributed by atoms with Crippen LogP contribution in [-0.2, 0) is 4.79 Å². The predicted octanol–water partition coefficient (Wildman–Crippen LogP) is 1.92. The maximum Gasteiger partial charge on any atom is 0.244 e. The van der Waals surface area contributed by atoms with Crippen LogP contribution < -0.4 is 11.1 Å². The summed E-state index contributed by atoms with van der Waals surface area (Å²) in [6, 6.07) is 15.3. The summed E-state index contributed by atoms with van der Waals surface area (Å²) in [5.41, 5.74) is 2.65. The van der Waals surface area contributed by atoms with Crippen LogP contribution in [0.4, 0.5) is 0 Å². The number of benzene rings is 1. The van der Waals surface area contributed by atoms with Gasteiger partial charge < -0.3 is 11.1 Å². The number of carbonyl (C=O) groups excluding carboxylic acids is 1. The number of amides is 1. The number of hydrogen-bond acceptors (Lipinski definition) is 5. The van der Waals surface area contributed by atoms with Crippen LogP contribution in [0.25, 0.3) is 0 Å². The van der Waals surface area contributed by atoms with E-state index in [1.165, 1.54) is 0 Å². The lowest BCUT2D eigenvalue weighted by molar-refractivity contribution is -0.128. The summed E-state index contributed by atoms with van der Waals surface area (Å²) in [4.78, 5) is 12.8. The second kappa shape index (κ2) is 5.59. The number of nitriles is 3. The van der Waals surface area contributed by atoms with E-state index in [2.05, 4.69) is 17.5 Å². The second-order valence-corrected chi connectivity index (χ2v) is 7.00. The number of hydrogen-bond donors (Lipinski definition) is 2. The molecule has 2 aliphatic rings. The molecule has 0 radical (unpaired) electrons. The third-order valence-corrected chi connectivity index (χ3v) is 5.80. The van der Waals surface area contributed by atoms with Gasteiger partial charge in [0.2, 0.25) is 5.91 Å². The van der Waals surface area contributed by atoms with Crippen LogP contribution in [0, 0.1) is 50.7 Å². The van der Waals surface area contributed by atoms with E-state index < -0.39 is 28.3 Å². The zero-order valence-electron chi connectivity index (χ0n) is 14.0. The zero-order valence-corrected chi connectivity index (χ0v) is 14.0. The fraction of sp³-hybridized carbons (Fsp3) is 0.474. The van der Waals surface area contributed by atoms with Crippen molar-refractivity contribution >= 4 is 5.91 Å². The molecule has 2 fully saturated rings. The highest BCUT2D eigenvalue weighted by atomic mass is 16.2. The maximum absolute atomic E-state index is 12.8. The van der Waals surface area contributed by atoms with Crippen LogP contribution in [0.3, 0.4) is 0 Å². The Kier molecular flexibility index (Phi) is 3.79. The Morgan fingerprint density at radius 3 is 2.36 bits per heavy atom. The molecule has 6 nitrogen and oxygen atoms in total. The van der Waals surface area contributed by atoms with Crippen LogP contribution >= 0.6 is 0 Å². The first kappa shape index (κ1) is 17.0. The van der Waals surface area contributed by atoms with Gasteiger partial charge in [0.1, 0.15) is 0 Å². The minimum absolute atomic E-state index is 0.0234. The summed E-state index contributed by atoms with van der Waals surface area (Å²) >= 11 is 0. The van der Waals surface area contributed by atoms with Crippen LogP contribution in [0.15, 0.2) is 30.3 Å². The molecule has 6 heteroatoms. The predicted molar refractivity (Wildman–Crippen MR) is 89.0 cm³/mol. The Morgan fingerprint density at radius 1 is 1.20 bits per heavy atom. The molecule has 25 heavy (non-hydrogen) atoms. The molecule has 1 heterocycles. The number of carbonyl (C=O) groups is 1. The molecule has 0 unspecified atom stereocenters. The molecule has 1 saturated carbocycles. The highest BCUT2D eigenvalue weighted by molar-refractivity contribution is 5.92. The third-order valence-electron chi connectivity index (χ3n) is 5.80. The van der Waals surface area contributed by atoms with Crippen LogP contribution in [0.1, 0.15) is 37.7 Å². The van der Waals surface area contributed by atoms with Crippen molar-refractivity contribution in [2.75, 3.05) is 0 Å². The van der Waals surface area contributed by atoms with Gasteiger partial charge in [-0.25, -0.2) is 0 Å². The van der Waals surface area contributed by atoms with Gasteiger partial charge in [0.25, 0.3) is 0 Å². The van der Waals surface area contributed by atoms with E-state index in [9.17, 15) is 20.6 Å². The van der Waals surface area contributed by atoms with Crippen molar-refractivity contribution in [2.24, 2.45) is 22.5 Å². The Labute approximate surface area is 146 Å². The molecule has 1 aromatic carbocycles. The maximum atomic E-state index is 12.8. The molecule has 4 atom stereocenters. The summed E-state index contributed by atoms with van der Waals surface area (Å²) in [5.74, 6) is -1.55. The first-order valence-electron chi connectivity index (χ1n) is 8.35. The van der Waals surface area contributed by atoms with Crippen molar-refractivity contribution in [2.45, 2.75) is 37.8 Å². The molecule has 1 amide bonds. The van der Waals surface area contributed by atoms with Gasteiger partial charge in [-0.05, 0) is 12.0 Å². The van der Waals surface area contributed by atoms with Crippen molar-refractivity contribution in [1.29, 1.82) is 15.8 Å². The van der Waals surface area contributed by atoms with Gasteiger partial charge in [-0.2, -0.15) is 15.8 Å². The molecule has 3 rings (SSSR count). The lowest BCUT2D eigenvalue weighted by atomic mass is 9.47. The standard InChI is InChI=1S/C19H19N5O/c1-2-6-14-15(13-7-4-3-5-8-13)18(11-21,12-22)17(10-20)9-19(14,23)24-16(17)25/h3-5,7-8,14-15H,2,6,9,23H2,1H3,(H,24,25)/t14-,15-,17-,19-/m0/s1. The van der Waals surface area contributed by atoms with Gasteiger partial charge in [-0.15, -0.1) is 0 Å². The average molecular weight is 333 g/mol. The highest BCUT2D eigenvalue weighted by Crippen LogP contribution is 2.64. The minimum Gasteiger partial charge on any atom is -0.336 e. The van der Waals surface area contributed by atoms with Crippen molar-refractivity contribution < 1.29 is 4.79 Å². The Balaban J connectivity index is 2.35. The topological polar surface area (TPSA) is 126 Å². The molecule has 126 valence electrons. The summed E-state index contributed by atoms with van der Waals surface area (Å²) in [5, 5.41) is 32.7. The number of nitrogens with one attached hydrogen (secondary N) is 1. The molecule has 1 aromatic rings. The minimum atomic E-state index is -1.79. The van der Waals surface area contributed by atoms with Crippen LogP contribution in [0.2, 0.25) is 0 Å². The number of nitrogens with zero attached hydrogens (tertiary/aromatic N) is 3. The monoisotopic (exact) mass is 333 g/mol. The first-order chi connectivity index (χ1) is 11.9. The summed E-state index contributed by atoms with van der Waals surface area (Å²) in [7, 11) is 0. The van der Waals surface area contributed by atoms with Gasteiger partial charge in [0.15, 0.2) is 10.8 Å². The molecule has 1 aliphatic carbocycles. The van der Waals surface area contributed by atoms with Crippen molar-refractivity contribution in [3.8, 4) is 18.2 Å². The van der Waals surface area contributed by atoms with E-state index >= 15 is 0 Å². The number of rotatable bonds is 3. The Morgan fingerprint density at radius 2 is 1.84 bits per heavy atom. The second-order valence-electron chi connectivity index (χ2n) is 7.00. The van der Waals surface area contributed by atoms with E-state index in [1.54, 1.807) is 0 Å². The molecular formula is C19H19N5O. The molecule has 1 aliphatic heterocycles. The largest absolute Gasteiger partial charge is 0.336 e. The Bertz CT molecular complexity index is 816. The van der Waals surface area contributed by atoms with Gasteiger partial charge in [0, 0.05) is 18.3 Å². The zero-order chi connectivity index (χ0) is 18.3. The van der Waals surface area contributed by atoms with E-state index in [1.807, 2.05) is 43.3 Å². The average Bonchev–Trinajstić information content (AvgIpc) is 2.88. The van der Waals surface area contributed by atoms with Crippen molar-refractivity contribution in [3.63, 3.8) is 0 Å². The summed E-state index contributed by atoms with van der Waals surface area (Å²) < 4.78 is 0. The van der Waals surface area contributed by atoms with Crippen LogP contribution in [0.5, 0.6) is 0 Å². The molecule has 0 spiro atoms. The lowest BCUT2D eigenvalue weighted by Gasteiger charge is -2.50. The number of nitrogens with two attached hydrogens (primary N) is 1. The SMILES string of the molecule is CCC[C@H]1[C@H](c2ccccc2)C(C#N)(C#N)[C@]2(C#N)C[C@]1(N)NC2=O. The summed E-state index contributed by atoms with van der Waals surface area (Å²) in [6.07, 6.45) is 1.41. The normalized spacial score (nSPS) is 35.1. The number of fused-ring (bicyclic) bond motifs is 2. The molecule has 2 bridgehead atoms. The van der Waals surface area contributed by atoms with Gasteiger partial charge >= 0.3 is 0 Å².